The van der Waals surface area contributed by atoms with E-state index in [-0.39, 0.29) is 5.90 Å². The molecule has 2 bridgehead atoms. The van der Waals surface area contributed by atoms with Crippen LogP contribution < -0.4 is 0 Å². The van der Waals surface area contributed by atoms with Gasteiger partial charge in [0.2, 0.25) is 11.7 Å². The Kier molecular flexibility index (Phi) is 4.03. The lowest BCUT2D eigenvalue weighted by Gasteiger charge is -2.63. The Hall–Kier alpha value is -3.14. The fourth-order valence-electron chi connectivity index (χ4n) is 5.15. The zero-order valence-corrected chi connectivity index (χ0v) is 15.6. The summed E-state index contributed by atoms with van der Waals surface area (Å²) in [5.41, 5.74) is -1.87. The molecule has 6 nitrogen and oxygen atoms in total. The summed E-state index contributed by atoms with van der Waals surface area (Å²) < 4.78 is 12.2. The van der Waals surface area contributed by atoms with Crippen LogP contribution >= 0.6 is 0 Å². The van der Waals surface area contributed by atoms with Crippen molar-refractivity contribution in [2.75, 3.05) is 0 Å². The van der Waals surface area contributed by atoms with Gasteiger partial charge in [-0.15, -0.1) is 0 Å². The van der Waals surface area contributed by atoms with Crippen molar-refractivity contribution < 1.29 is 9.47 Å². The van der Waals surface area contributed by atoms with Crippen LogP contribution in [-0.4, -0.2) is 17.8 Å². The molecular weight excluding hydrogens is 352 g/mol. The minimum atomic E-state index is -1.80. The first-order valence-corrected chi connectivity index (χ1v) is 9.42. The summed E-state index contributed by atoms with van der Waals surface area (Å²) in [6.45, 7) is 1.82. The van der Waals surface area contributed by atoms with Gasteiger partial charge < -0.3 is 9.47 Å². The molecular formula is C22H20N4O2. The first-order chi connectivity index (χ1) is 13.5. The topological polar surface area (TPSA) is 114 Å². The van der Waals surface area contributed by atoms with Crippen LogP contribution in [0.15, 0.2) is 35.9 Å². The average molecular weight is 372 g/mol. The third-order valence-electron chi connectivity index (χ3n) is 6.42. The maximum absolute atomic E-state index is 10.2. The van der Waals surface area contributed by atoms with Gasteiger partial charge in [0.15, 0.2) is 10.8 Å². The van der Waals surface area contributed by atoms with Crippen LogP contribution in [0.3, 0.4) is 0 Å². The maximum atomic E-state index is 10.2. The van der Waals surface area contributed by atoms with Gasteiger partial charge in [-0.25, -0.2) is 0 Å². The standard InChI is InChI=1S/C22H20N4O2/c1-15(11-16-7-3-2-4-8-16)18-21(14-25)19(26)28-22(27-18)10-6-5-9-17(22)20(21,12-23)13-24/h2-4,7-8,11,17-18,26H,5-6,9-10H2,1H3/b15-11+,26-19?/t17-,18-,21+,22-/m1/s1. The van der Waals surface area contributed by atoms with Gasteiger partial charge in [-0.2, -0.15) is 15.8 Å². The molecule has 3 aliphatic heterocycles. The highest BCUT2D eigenvalue weighted by molar-refractivity contribution is 5.89. The summed E-state index contributed by atoms with van der Waals surface area (Å²) in [6.07, 6.45) is 3.71. The van der Waals surface area contributed by atoms with Gasteiger partial charge in [0.25, 0.3) is 0 Å². The molecule has 5 rings (SSSR count). The maximum Gasteiger partial charge on any atom is 0.218 e. The lowest BCUT2D eigenvalue weighted by atomic mass is 9.48. The molecule has 6 heteroatoms. The summed E-state index contributed by atoms with van der Waals surface area (Å²) in [5.74, 6) is -2.08. The van der Waals surface area contributed by atoms with Crippen LogP contribution in [0.5, 0.6) is 0 Å². The zero-order valence-electron chi connectivity index (χ0n) is 15.6. The van der Waals surface area contributed by atoms with Crippen LogP contribution in [0, 0.1) is 56.2 Å². The molecule has 3 heterocycles. The van der Waals surface area contributed by atoms with Crippen LogP contribution in [0.2, 0.25) is 0 Å². The van der Waals surface area contributed by atoms with E-state index in [1.165, 1.54) is 0 Å². The van der Waals surface area contributed by atoms with Crippen molar-refractivity contribution >= 4 is 12.0 Å². The van der Waals surface area contributed by atoms with Gasteiger partial charge in [-0.3, -0.25) is 5.41 Å². The van der Waals surface area contributed by atoms with E-state index in [0.717, 1.165) is 18.4 Å². The van der Waals surface area contributed by atoms with Crippen molar-refractivity contribution in [3.63, 3.8) is 0 Å². The Morgan fingerprint density at radius 1 is 1.14 bits per heavy atom. The Morgan fingerprint density at radius 2 is 1.86 bits per heavy atom. The Labute approximate surface area is 164 Å². The molecule has 0 aromatic heterocycles. The summed E-state index contributed by atoms with van der Waals surface area (Å²) in [5, 5.41) is 39.1. The third-order valence-corrected chi connectivity index (χ3v) is 6.42. The molecule has 1 saturated carbocycles. The quantitative estimate of drug-likeness (QED) is 0.845. The minimum Gasteiger partial charge on any atom is -0.447 e. The van der Waals surface area contributed by atoms with Gasteiger partial charge in [0.1, 0.15) is 6.10 Å². The molecule has 1 aliphatic carbocycles. The number of benzene rings is 1. The molecule has 1 aromatic carbocycles. The summed E-state index contributed by atoms with van der Waals surface area (Å²) in [7, 11) is 0. The second-order valence-electron chi connectivity index (χ2n) is 7.79. The van der Waals surface area contributed by atoms with Gasteiger partial charge in [-0.1, -0.05) is 42.8 Å². The number of hydrogen-bond acceptors (Lipinski definition) is 6. The van der Waals surface area contributed by atoms with Crippen molar-refractivity contribution in [3.8, 4) is 18.2 Å². The Balaban J connectivity index is 1.93. The molecule has 1 aromatic rings. The molecule has 1 spiro atoms. The Morgan fingerprint density at radius 3 is 2.50 bits per heavy atom. The van der Waals surface area contributed by atoms with Crippen molar-refractivity contribution in [1.82, 2.24) is 0 Å². The third kappa shape index (κ3) is 2.06. The van der Waals surface area contributed by atoms with E-state index in [9.17, 15) is 15.8 Å². The fraction of sp³-hybridized carbons (Fsp3) is 0.455. The molecule has 4 aliphatic rings. The van der Waals surface area contributed by atoms with E-state index >= 15 is 0 Å². The number of ether oxygens (including phenoxy) is 2. The first-order valence-electron chi connectivity index (χ1n) is 9.42. The van der Waals surface area contributed by atoms with Gasteiger partial charge >= 0.3 is 0 Å². The molecule has 4 fully saturated rings. The summed E-state index contributed by atoms with van der Waals surface area (Å²) in [4.78, 5) is 0. The van der Waals surface area contributed by atoms with Crippen LogP contribution in [0.4, 0.5) is 0 Å². The second kappa shape index (κ2) is 6.20. The molecule has 28 heavy (non-hydrogen) atoms. The largest absolute Gasteiger partial charge is 0.447 e. The van der Waals surface area contributed by atoms with E-state index in [2.05, 4.69) is 18.2 Å². The minimum absolute atomic E-state index is 0.326. The van der Waals surface area contributed by atoms with Crippen molar-refractivity contribution in [2.24, 2.45) is 16.7 Å². The van der Waals surface area contributed by atoms with Gasteiger partial charge in [-0.05, 0) is 30.9 Å². The van der Waals surface area contributed by atoms with E-state index in [1.807, 2.05) is 43.3 Å². The monoisotopic (exact) mass is 372 g/mol. The van der Waals surface area contributed by atoms with Crippen LogP contribution in [0.1, 0.15) is 38.2 Å². The Bertz CT molecular complexity index is 967. The predicted octanol–water partition coefficient (Wildman–Crippen LogP) is 3.93. The second-order valence-corrected chi connectivity index (χ2v) is 7.79. The lowest BCUT2D eigenvalue weighted by molar-refractivity contribution is -0.349. The molecule has 4 atom stereocenters. The lowest BCUT2D eigenvalue weighted by Crippen LogP contribution is -2.76. The van der Waals surface area contributed by atoms with E-state index in [1.54, 1.807) is 0 Å². The molecule has 0 unspecified atom stereocenters. The van der Waals surface area contributed by atoms with Crippen molar-refractivity contribution in [3.05, 3.63) is 41.5 Å². The number of fused-ring (bicyclic) bond motifs is 2. The normalized spacial score (nSPS) is 35.6. The summed E-state index contributed by atoms with van der Waals surface area (Å²) >= 11 is 0. The average Bonchev–Trinajstić information content (AvgIpc) is 2.72. The zero-order chi connectivity index (χ0) is 20.0. The number of rotatable bonds is 2. The predicted molar refractivity (Wildman–Crippen MR) is 100 cm³/mol. The van der Waals surface area contributed by atoms with Crippen molar-refractivity contribution in [1.29, 1.82) is 21.2 Å². The molecule has 0 radical (unpaired) electrons. The fourth-order valence-corrected chi connectivity index (χ4v) is 5.15. The van der Waals surface area contributed by atoms with Gasteiger partial charge in [0, 0.05) is 6.42 Å². The highest BCUT2D eigenvalue weighted by Gasteiger charge is 2.80. The van der Waals surface area contributed by atoms with E-state index in [4.69, 9.17) is 14.9 Å². The van der Waals surface area contributed by atoms with E-state index in [0.29, 0.717) is 18.4 Å². The highest BCUT2D eigenvalue weighted by Crippen LogP contribution is 2.66. The summed E-state index contributed by atoms with van der Waals surface area (Å²) in [6, 6.07) is 16.0. The SMILES string of the molecule is C/C(=C\c1ccccc1)[C@H]1O[C@@]23CCCC[C@@H]2C(C#N)(C#N)[C@]1(C#N)C(=N)O3. The van der Waals surface area contributed by atoms with Crippen LogP contribution in [0.25, 0.3) is 6.08 Å². The van der Waals surface area contributed by atoms with Gasteiger partial charge in [0.05, 0.1) is 24.1 Å². The number of hydrogen-bond donors (Lipinski definition) is 1. The van der Waals surface area contributed by atoms with E-state index < -0.39 is 28.6 Å². The van der Waals surface area contributed by atoms with Crippen molar-refractivity contribution in [2.45, 2.75) is 44.5 Å². The number of nitrogens with one attached hydrogen (secondary N) is 1. The molecule has 0 amide bonds. The smallest absolute Gasteiger partial charge is 0.218 e. The molecule has 140 valence electrons. The highest BCUT2D eigenvalue weighted by atomic mass is 16.7. The van der Waals surface area contributed by atoms with Crippen LogP contribution in [-0.2, 0) is 9.47 Å². The number of nitrogens with zero attached hydrogens (tertiary/aromatic N) is 3. The first kappa shape index (κ1) is 18.2. The number of nitriles is 3. The molecule has 1 N–H and O–H groups in total. The molecule has 3 saturated heterocycles.